The monoisotopic (exact) mass is 319 g/mol. The number of hydrogen-bond donors (Lipinski definition) is 2. The molecule has 1 atom stereocenters. The number of carboxylic acids is 1. The predicted molar refractivity (Wildman–Crippen MR) is 73.7 cm³/mol. The van der Waals surface area contributed by atoms with Gasteiger partial charge in [-0.05, 0) is 40.5 Å². The number of unbranched alkanes of at least 4 members (excludes halogenated alkanes) is 1. The molecule has 3 nitrogen and oxygen atoms in total. The molecule has 0 heterocycles. The molecule has 0 aliphatic heterocycles. The van der Waals surface area contributed by atoms with Crippen LogP contribution in [0, 0.1) is 0 Å². The van der Waals surface area contributed by atoms with Crippen LogP contribution in [0.4, 0.5) is 5.69 Å². The summed E-state index contributed by atoms with van der Waals surface area (Å²) < 4.78 is 0.810. The minimum atomic E-state index is -0.842. The molecule has 0 spiro atoms. The lowest BCUT2D eigenvalue weighted by Crippen LogP contribution is -2.29. The molecule has 1 rings (SSSR count). The van der Waals surface area contributed by atoms with Crippen molar-refractivity contribution in [2.45, 2.75) is 32.2 Å². The standard InChI is InChI=1S/C12H15BrClNO2/c1-2-3-4-10(12(16)17)15-11-7-8(14)5-6-9(11)13/h5-7,10,15H,2-4H2,1H3,(H,16,17). The summed E-state index contributed by atoms with van der Waals surface area (Å²) in [5.41, 5.74) is 0.709. The fourth-order valence-electron chi connectivity index (χ4n) is 1.46. The summed E-state index contributed by atoms with van der Waals surface area (Å²) in [4.78, 5) is 11.1. The first-order valence-electron chi connectivity index (χ1n) is 5.49. The highest BCUT2D eigenvalue weighted by atomic mass is 79.9. The van der Waals surface area contributed by atoms with Gasteiger partial charge in [-0.25, -0.2) is 4.79 Å². The molecule has 0 fully saturated rings. The van der Waals surface area contributed by atoms with Crippen molar-refractivity contribution in [1.82, 2.24) is 0 Å². The smallest absolute Gasteiger partial charge is 0.326 e. The van der Waals surface area contributed by atoms with Crippen LogP contribution < -0.4 is 5.32 Å². The van der Waals surface area contributed by atoms with E-state index in [0.29, 0.717) is 17.1 Å². The molecule has 0 radical (unpaired) electrons. The number of rotatable bonds is 6. The van der Waals surface area contributed by atoms with Gasteiger partial charge in [-0.15, -0.1) is 0 Å². The molecule has 0 aliphatic carbocycles. The summed E-state index contributed by atoms with van der Waals surface area (Å²) in [5, 5.41) is 12.7. The van der Waals surface area contributed by atoms with E-state index in [1.807, 2.05) is 6.92 Å². The molecule has 0 saturated carbocycles. The van der Waals surface area contributed by atoms with E-state index in [-0.39, 0.29) is 0 Å². The van der Waals surface area contributed by atoms with Crippen molar-refractivity contribution in [3.05, 3.63) is 27.7 Å². The zero-order valence-corrected chi connectivity index (χ0v) is 11.9. The van der Waals surface area contributed by atoms with Crippen molar-refractivity contribution in [2.75, 3.05) is 5.32 Å². The van der Waals surface area contributed by atoms with Crippen LogP contribution in [0.1, 0.15) is 26.2 Å². The van der Waals surface area contributed by atoms with E-state index in [9.17, 15) is 4.79 Å². The largest absolute Gasteiger partial charge is 0.480 e. The number of anilines is 1. The molecule has 17 heavy (non-hydrogen) atoms. The fraction of sp³-hybridized carbons (Fsp3) is 0.417. The number of benzene rings is 1. The topological polar surface area (TPSA) is 49.3 Å². The zero-order chi connectivity index (χ0) is 12.8. The van der Waals surface area contributed by atoms with Gasteiger partial charge in [0.1, 0.15) is 6.04 Å². The Morgan fingerprint density at radius 3 is 2.88 bits per heavy atom. The van der Waals surface area contributed by atoms with E-state index in [1.165, 1.54) is 0 Å². The molecule has 5 heteroatoms. The highest BCUT2D eigenvalue weighted by Gasteiger charge is 2.17. The molecule has 1 aromatic rings. The van der Waals surface area contributed by atoms with Crippen LogP contribution in [0.3, 0.4) is 0 Å². The molecule has 1 aromatic carbocycles. The van der Waals surface area contributed by atoms with Gasteiger partial charge in [0.25, 0.3) is 0 Å². The summed E-state index contributed by atoms with van der Waals surface area (Å²) >= 11 is 9.24. The summed E-state index contributed by atoms with van der Waals surface area (Å²) in [6.45, 7) is 2.04. The summed E-state index contributed by atoms with van der Waals surface area (Å²) in [5.74, 6) is -0.842. The van der Waals surface area contributed by atoms with E-state index < -0.39 is 12.0 Å². The first-order chi connectivity index (χ1) is 8.04. The van der Waals surface area contributed by atoms with Crippen LogP contribution in [0.5, 0.6) is 0 Å². The zero-order valence-electron chi connectivity index (χ0n) is 9.54. The van der Waals surface area contributed by atoms with Gasteiger partial charge in [0.15, 0.2) is 0 Å². The molecule has 0 amide bonds. The lowest BCUT2D eigenvalue weighted by Gasteiger charge is -2.16. The van der Waals surface area contributed by atoms with Crippen molar-refractivity contribution >= 4 is 39.2 Å². The highest BCUT2D eigenvalue weighted by molar-refractivity contribution is 9.10. The van der Waals surface area contributed by atoms with Crippen LogP contribution in [0.15, 0.2) is 22.7 Å². The van der Waals surface area contributed by atoms with Gasteiger partial charge in [-0.2, -0.15) is 0 Å². The third kappa shape index (κ3) is 4.56. The Morgan fingerprint density at radius 2 is 2.29 bits per heavy atom. The van der Waals surface area contributed by atoms with Crippen LogP contribution >= 0.6 is 27.5 Å². The number of nitrogens with one attached hydrogen (secondary N) is 1. The predicted octanol–water partition coefficient (Wildman–Crippen LogP) is 4.16. The maximum atomic E-state index is 11.1. The minimum Gasteiger partial charge on any atom is -0.480 e. The lowest BCUT2D eigenvalue weighted by molar-refractivity contribution is -0.138. The molecule has 1 unspecified atom stereocenters. The van der Waals surface area contributed by atoms with Crippen LogP contribution in [-0.2, 0) is 4.79 Å². The van der Waals surface area contributed by atoms with Gasteiger partial charge in [0.05, 0.1) is 5.69 Å². The Labute approximate surface area is 114 Å². The Bertz CT molecular complexity index is 398. The van der Waals surface area contributed by atoms with E-state index in [2.05, 4.69) is 21.2 Å². The molecule has 0 saturated heterocycles. The van der Waals surface area contributed by atoms with Crippen molar-refractivity contribution in [1.29, 1.82) is 0 Å². The van der Waals surface area contributed by atoms with Gasteiger partial charge in [0, 0.05) is 9.50 Å². The molecular weight excluding hydrogens is 305 g/mol. The molecule has 94 valence electrons. The second-order valence-corrected chi connectivity index (χ2v) is 5.09. The second-order valence-electron chi connectivity index (χ2n) is 3.80. The van der Waals surface area contributed by atoms with Crippen LogP contribution in [-0.4, -0.2) is 17.1 Å². The van der Waals surface area contributed by atoms with Gasteiger partial charge >= 0.3 is 5.97 Å². The maximum Gasteiger partial charge on any atom is 0.326 e. The van der Waals surface area contributed by atoms with Gasteiger partial charge in [-0.1, -0.05) is 31.4 Å². The van der Waals surface area contributed by atoms with Gasteiger partial charge in [-0.3, -0.25) is 0 Å². The number of carbonyl (C=O) groups is 1. The Kier molecular flexibility index (Phi) is 5.78. The average Bonchev–Trinajstić information content (AvgIpc) is 2.28. The Morgan fingerprint density at radius 1 is 1.59 bits per heavy atom. The Balaban J connectivity index is 2.78. The summed E-state index contributed by atoms with van der Waals surface area (Å²) in [6, 6.07) is 4.68. The maximum absolute atomic E-state index is 11.1. The van der Waals surface area contributed by atoms with Gasteiger partial charge < -0.3 is 10.4 Å². The van der Waals surface area contributed by atoms with Crippen LogP contribution in [0.2, 0.25) is 5.02 Å². The van der Waals surface area contributed by atoms with E-state index in [1.54, 1.807) is 18.2 Å². The third-order valence-electron chi connectivity index (χ3n) is 2.40. The normalized spacial score (nSPS) is 12.2. The van der Waals surface area contributed by atoms with E-state index >= 15 is 0 Å². The minimum absolute atomic E-state index is 0.579. The third-order valence-corrected chi connectivity index (χ3v) is 3.33. The number of carboxylic acid groups (broad SMARTS) is 1. The van der Waals surface area contributed by atoms with E-state index in [4.69, 9.17) is 16.7 Å². The quantitative estimate of drug-likeness (QED) is 0.827. The second kappa shape index (κ2) is 6.87. The molecule has 0 aliphatic rings. The average molecular weight is 321 g/mol. The fourth-order valence-corrected chi connectivity index (χ4v) is 1.99. The highest BCUT2D eigenvalue weighted by Crippen LogP contribution is 2.27. The Hall–Kier alpha value is -0.740. The SMILES string of the molecule is CCCCC(Nc1cc(Cl)ccc1Br)C(=O)O. The van der Waals surface area contributed by atoms with Crippen molar-refractivity contribution in [3.8, 4) is 0 Å². The number of aliphatic carboxylic acids is 1. The van der Waals surface area contributed by atoms with Crippen molar-refractivity contribution in [2.24, 2.45) is 0 Å². The summed E-state index contributed by atoms with van der Waals surface area (Å²) in [6.07, 6.45) is 2.45. The van der Waals surface area contributed by atoms with Crippen molar-refractivity contribution in [3.63, 3.8) is 0 Å². The number of halogens is 2. The lowest BCUT2D eigenvalue weighted by atomic mass is 10.1. The molecule has 0 bridgehead atoms. The molecule has 2 N–H and O–H groups in total. The van der Waals surface area contributed by atoms with Gasteiger partial charge in [0.2, 0.25) is 0 Å². The molecule has 0 aromatic heterocycles. The number of hydrogen-bond acceptors (Lipinski definition) is 2. The first kappa shape index (κ1) is 14.3. The summed E-state index contributed by atoms with van der Waals surface area (Å²) in [7, 11) is 0. The molecular formula is C12H15BrClNO2. The first-order valence-corrected chi connectivity index (χ1v) is 6.66. The van der Waals surface area contributed by atoms with Crippen molar-refractivity contribution < 1.29 is 9.90 Å². The van der Waals surface area contributed by atoms with Crippen LogP contribution in [0.25, 0.3) is 0 Å². The van der Waals surface area contributed by atoms with E-state index in [0.717, 1.165) is 17.3 Å².